The Morgan fingerprint density at radius 1 is 1.60 bits per heavy atom. The summed E-state index contributed by atoms with van der Waals surface area (Å²) in [5, 5.41) is 6.42. The second-order valence-electron chi connectivity index (χ2n) is 2.16. The molecule has 0 aliphatic heterocycles. The fourth-order valence-corrected chi connectivity index (χ4v) is 0.368. The van der Waals surface area contributed by atoms with Gasteiger partial charge in [0.05, 0.1) is 0 Å². The molecule has 0 saturated carbocycles. The summed E-state index contributed by atoms with van der Waals surface area (Å²) in [5.74, 6) is -0.165. The number of hydrogen-bond acceptors (Lipinski definition) is 3. The highest BCUT2D eigenvalue weighted by Gasteiger charge is 1.92. The molecule has 0 amide bonds. The maximum Gasteiger partial charge on any atom is 0.336 e. The first kappa shape index (κ1) is 8.88. The third-order valence-electron chi connectivity index (χ3n) is 0.792. The zero-order chi connectivity index (χ0) is 7.98. The molecule has 10 heavy (non-hydrogen) atoms. The zero-order valence-electron chi connectivity index (χ0n) is 6.13. The van der Waals surface area contributed by atoms with Gasteiger partial charge in [0.25, 0.3) is 0 Å². The molecule has 0 fully saturated rings. The van der Waals surface area contributed by atoms with Gasteiger partial charge in [-0.25, -0.2) is 4.79 Å². The molecule has 0 rings (SSSR count). The fourth-order valence-electron chi connectivity index (χ4n) is 0.368. The van der Waals surface area contributed by atoms with Crippen LogP contribution in [0.15, 0.2) is 12.2 Å². The summed E-state index contributed by atoms with van der Waals surface area (Å²) in [4.78, 5) is 10.5. The van der Waals surface area contributed by atoms with Gasteiger partial charge in [-0.2, -0.15) is 0 Å². The topological polar surface area (TPSA) is 50.2 Å². The quantitative estimate of drug-likeness (QED) is 0.279. The van der Waals surface area contributed by atoms with Crippen molar-refractivity contribution in [3.63, 3.8) is 0 Å². The molecule has 0 aliphatic carbocycles. The van der Waals surface area contributed by atoms with E-state index < -0.39 is 5.97 Å². The monoisotopic (exact) mass is 141 g/mol. The van der Waals surface area contributed by atoms with Crippen LogP contribution in [0.25, 0.3) is 0 Å². The highest BCUT2D eigenvalue weighted by Crippen LogP contribution is 1.93. The van der Waals surface area contributed by atoms with Crippen molar-refractivity contribution in [2.45, 2.75) is 13.8 Å². The predicted octanol–water partition coefficient (Wildman–Crippen LogP) is 1.35. The first-order valence-electron chi connectivity index (χ1n) is 3.04. The van der Waals surface area contributed by atoms with Crippen LogP contribution in [-0.4, -0.2) is 12.4 Å². The molecule has 0 unspecified atom stereocenters. The van der Waals surface area contributed by atoms with Gasteiger partial charge in [-0.05, 0) is 5.92 Å². The van der Waals surface area contributed by atoms with Crippen LogP contribution in [0, 0.1) is 11.3 Å². The summed E-state index contributed by atoms with van der Waals surface area (Å²) in [5.41, 5.74) is 0. The Bertz CT molecular complexity index is 150. The lowest BCUT2D eigenvalue weighted by atomic mass is 10.2. The Morgan fingerprint density at radius 2 is 2.20 bits per heavy atom. The number of hydrogen-bond donors (Lipinski definition) is 1. The number of carbonyl (C=O) groups is 1. The van der Waals surface area contributed by atoms with E-state index >= 15 is 0 Å². The maximum atomic E-state index is 10.5. The molecule has 0 spiro atoms. The molecule has 0 bridgehead atoms. The zero-order valence-corrected chi connectivity index (χ0v) is 6.13. The van der Waals surface area contributed by atoms with Crippen molar-refractivity contribution < 1.29 is 9.53 Å². The Labute approximate surface area is 60.2 Å². The van der Waals surface area contributed by atoms with E-state index in [9.17, 15) is 4.79 Å². The summed E-state index contributed by atoms with van der Waals surface area (Å²) in [7, 11) is 0. The minimum Gasteiger partial charge on any atom is -0.412 e. The van der Waals surface area contributed by atoms with Crippen LogP contribution in [0.4, 0.5) is 0 Å². The van der Waals surface area contributed by atoms with E-state index in [4.69, 9.17) is 5.41 Å². The molecule has 56 valence electrons. The smallest absolute Gasteiger partial charge is 0.336 e. The second kappa shape index (κ2) is 4.73. The highest BCUT2D eigenvalue weighted by molar-refractivity contribution is 5.86. The standard InChI is InChI=1S/C7H11NO2/c1-6(2)3-4-7(9)10-5-8/h3-6,8H,1-2H3/b4-3+,8-5?. The lowest BCUT2D eigenvalue weighted by Gasteiger charge is -1.92. The minimum atomic E-state index is -0.497. The van der Waals surface area contributed by atoms with Gasteiger partial charge in [-0.1, -0.05) is 19.9 Å². The van der Waals surface area contributed by atoms with Gasteiger partial charge in [0.15, 0.2) is 6.40 Å². The Hall–Kier alpha value is -1.12. The van der Waals surface area contributed by atoms with Crippen molar-refractivity contribution in [3.8, 4) is 0 Å². The first-order valence-corrected chi connectivity index (χ1v) is 3.04. The van der Waals surface area contributed by atoms with Gasteiger partial charge in [0.2, 0.25) is 0 Å². The van der Waals surface area contributed by atoms with Gasteiger partial charge in [0.1, 0.15) is 0 Å². The van der Waals surface area contributed by atoms with Crippen LogP contribution in [0.5, 0.6) is 0 Å². The summed E-state index contributed by atoms with van der Waals surface area (Å²) < 4.78 is 4.21. The van der Waals surface area contributed by atoms with E-state index in [2.05, 4.69) is 4.74 Å². The van der Waals surface area contributed by atoms with Crippen molar-refractivity contribution >= 4 is 12.4 Å². The van der Waals surface area contributed by atoms with Crippen molar-refractivity contribution in [3.05, 3.63) is 12.2 Å². The van der Waals surface area contributed by atoms with Crippen LogP contribution >= 0.6 is 0 Å². The third kappa shape index (κ3) is 5.03. The van der Waals surface area contributed by atoms with Crippen LogP contribution in [0.3, 0.4) is 0 Å². The van der Waals surface area contributed by atoms with Crippen molar-refractivity contribution in [2.24, 2.45) is 5.92 Å². The molecule has 0 atom stereocenters. The average molecular weight is 141 g/mol. The van der Waals surface area contributed by atoms with E-state index in [0.717, 1.165) is 0 Å². The van der Waals surface area contributed by atoms with E-state index in [1.54, 1.807) is 6.08 Å². The number of nitrogens with one attached hydrogen (secondary N) is 1. The van der Waals surface area contributed by atoms with Crippen LogP contribution < -0.4 is 0 Å². The molecule has 0 aromatic carbocycles. The van der Waals surface area contributed by atoms with Gasteiger partial charge >= 0.3 is 5.97 Å². The number of esters is 1. The second-order valence-corrected chi connectivity index (χ2v) is 2.16. The third-order valence-corrected chi connectivity index (χ3v) is 0.792. The van der Waals surface area contributed by atoms with Crippen LogP contribution in [0.2, 0.25) is 0 Å². The largest absolute Gasteiger partial charge is 0.412 e. The lowest BCUT2D eigenvalue weighted by molar-refractivity contribution is -0.129. The van der Waals surface area contributed by atoms with Gasteiger partial charge < -0.3 is 4.74 Å². The van der Waals surface area contributed by atoms with Gasteiger partial charge in [-0.3, -0.25) is 5.41 Å². The minimum absolute atomic E-state index is 0.332. The van der Waals surface area contributed by atoms with E-state index in [-0.39, 0.29) is 0 Å². The molecule has 3 nitrogen and oxygen atoms in total. The number of rotatable bonds is 3. The highest BCUT2D eigenvalue weighted by atomic mass is 16.5. The molecule has 0 heterocycles. The molecule has 0 aromatic heterocycles. The summed E-state index contributed by atoms with van der Waals surface area (Å²) in [6.07, 6.45) is 3.65. The van der Waals surface area contributed by atoms with Crippen LogP contribution in [0.1, 0.15) is 13.8 Å². The molecular weight excluding hydrogens is 130 g/mol. The van der Waals surface area contributed by atoms with Crippen molar-refractivity contribution in [1.82, 2.24) is 0 Å². The fraction of sp³-hybridized carbons (Fsp3) is 0.429. The molecular formula is C7H11NO2. The maximum absolute atomic E-state index is 10.5. The predicted molar refractivity (Wildman–Crippen MR) is 38.9 cm³/mol. The van der Waals surface area contributed by atoms with Gasteiger partial charge in [-0.15, -0.1) is 0 Å². The SMILES string of the molecule is CC(C)/C=C/C(=O)OC=N. The van der Waals surface area contributed by atoms with Crippen LogP contribution in [-0.2, 0) is 9.53 Å². The van der Waals surface area contributed by atoms with E-state index in [1.807, 2.05) is 13.8 Å². The normalized spacial score (nSPS) is 10.3. The summed E-state index contributed by atoms with van der Waals surface area (Å²) in [6, 6.07) is 0. The Morgan fingerprint density at radius 3 is 2.60 bits per heavy atom. The molecule has 0 saturated heterocycles. The lowest BCUT2D eigenvalue weighted by Crippen LogP contribution is -1.97. The van der Waals surface area contributed by atoms with E-state index in [0.29, 0.717) is 12.3 Å². The van der Waals surface area contributed by atoms with Crippen molar-refractivity contribution in [1.29, 1.82) is 5.41 Å². The van der Waals surface area contributed by atoms with Crippen molar-refractivity contribution in [2.75, 3.05) is 0 Å². The van der Waals surface area contributed by atoms with E-state index in [1.165, 1.54) is 6.08 Å². The first-order chi connectivity index (χ1) is 4.66. The Balaban J connectivity index is 3.66. The number of carbonyl (C=O) groups excluding carboxylic acids is 1. The number of allylic oxidation sites excluding steroid dienone is 1. The Kier molecular flexibility index (Phi) is 4.20. The molecule has 1 N–H and O–H groups in total. The summed E-state index contributed by atoms with van der Waals surface area (Å²) >= 11 is 0. The average Bonchev–Trinajstić information content (AvgIpc) is 1.85. The van der Waals surface area contributed by atoms with Gasteiger partial charge in [0, 0.05) is 6.08 Å². The molecule has 0 radical (unpaired) electrons. The molecule has 0 aliphatic rings. The molecule has 3 heteroatoms. The molecule has 0 aromatic rings. The number of ether oxygens (including phenoxy) is 1. The summed E-state index contributed by atoms with van der Waals surface area (Å²) in [6.45, 7) is 3.91.